The Balaban J connectivity index is 1.71. The van der Waals surface area contributed by atoms with Crippen molar-refractivity contribution in [3.63, 3.8) is 0 Å². The summed E-state index contributed by atoms with van der Waals surface area (Å²) in [5.74, 6) is -0.917. The molecule has 1 aromatic heterocycles. The first-order valence-corrected chi connectivity index (χ1v) is 11.1. The molecule has 1 amide bonds. The van der Waals surface area contributed by atoms with E-state index in [-0.39, 0.29) is 29.4 Å². The number of nitrogens with zero attached hydrogens (tertiary/aromatic N) is 1. The maximum atomic E-state index is 13.3. The number of ether oxygens (including phenoxy) is 1. The van der Waals surface area contributed by atoms with Crippen molar-refractivity contribution in [3.8, 4) is 17.1 Å². The van der Waals surface area contributed by atoms with Crippen molar-refractivity contribution < 1.29 is 37.0 Å². The molecular weight excluding hydrogens is 479 g/mol. The molecule has 0 saturated carbocycles. The molecule has 3 rings (SSSR count). The lowest BCUT2D eigenvalue weighted by Gasteiger charge is -2.13. The summed E-state index contributed by atoms with van der Waals surface area (Å²) in [5, 5.41) is 8.67. The number of halogens is 3. The van der Waals surface area contributed by atoms with E-state index in [4.69, 9.17) is 26.5 Å². The second-order valence-corrected chi connectivity index (χ2v) is 8.83. The second kappa shape index (κ2) is 10.4. The van der Waals surface area contributed by atoms with Gasteiger partial charge in [0.25, 0.3) is 5.91 Å². The largest absolute Gasteiger partial charge is 0.496 e. The molecule has 0 radical (unpaired) electrons. The van der Waals surface area contributed by atoms with Gasteiger partial charge in [-0.25, -0.2) is 0 Å². The zero-order chi connectivity index (χ0) is 24.2. The molecule has 11 heteroatoms. The van der Waals surface area contributed by atoms with Crippen molar-refractivity contribution in [2.24, 2.45) is 0 Å². The fourth-order valence-electron chi connectivity index (χ4n) is 3.21. The smallest absolute Gasteiger partial charge is 0.419 e. The van der Waals surface area contributed by atoms with Crippen LogP contribution in [0.5, 0.6) is 5.75 Å². The first-order chi connectivity index (χ1) is 15.6. The maximum absolute atomic E-state index is 13.3. The van der Waals surface area contributed by atoms with Gasteiger partial charge in [0.2, 0.25) is 0 Å². The fourth-order valence-corrected chi connectivity index (χ4v) is 4.50. The molecule has 0 spiro atoms. The Hall–Kier alpha value is -2.79. The molecule has 6 nitrogen and oxygen atoms in total. The number of benzene rings is 1. The normalized spacial score (nSPS) is 15.5. The van der Waals surface area contributed by atoms with Gasteiger partial charge in [0.15, 0.2) is 0 Å². The molecule has 1 saturated heterocycles. The molecule has 1 aliphatic heterocycles. The van der Waals surface area contributed by atoms with Crippen LogP contribution in [0.25, 0.3) is 17.4 Å². The van der Waals surface area contributed by atoms with Crippen LogP contribution in [0.4, 0.5) is 13.2 Å². The molecule has 1 aromatic carbocycles. The van der Waals surface area contributed by atoms with Gasteiger partial charge in [0.05, 0.1) is 17.6 Å². The predicted octanol–water partition coefficient (Wildman–Crippen LogP) is 5.82. The van der Waals surface area contributed by atoms with E-state index in [1.165, 1.54) is 36.3 Å². The van der Waals surface area contributed by atoms with E-state index in [2.05, 4.69) is 0 Å². The Bertz CT molecular complexity index is 1090. The average Bonchev–Trinajstić information content (AvgIpc) is 3.32. The van der Waals surface area contributed by atoms with E-state index in [9.17, 15) is 22.8 Å². The number of methoxy groups -OCH3 is 1. The molecule has 0 bridgehead atoms. The SMILES string of the molecule is COc1ccc(-c2ccc(/C=C3\SC(=S)N(CCCCCC(=O)O)C3=O)o2)cc1C(F)(F)F. The Kier molecular flexibility index (Phi) is 7.85. The van der Waals surface area contributed by atoms with Crippen LogP contribution in [0, 0.1) is 0 Å². The third kappa shape index (κ3) is 6.17. The minimum atomic E-state index is -4.58. The number of unbranched alkanes of at least 4 members (excludes halogenated alkanes) is 2. The molecule has 0 aliphatic carbocycles. The number of alkyl halides is 3. The number of carbonyl (C=O) groups is 2. The highest BCUT2D eigenvalue weighted by Crippen LogP contribution is 2.39. The Labute approximate surface area is 197 Å². The third-order valence-electron chi connectivity index (χ3n) is 4.84. The first-order valence-electron chi connectivity index (χ1n) is 9.92. The van der Waals surface area contributed by atoms with Crippen LogP contribution in [-0.2, 0) is 15.8 Å². The quantitative estimate of drug-likeness (QED) is 0.265. The van der Waals surface area contributed by atoms with Crippen molar-refractivity contribution in [2.45, 2.75) is 31.9 Å². The first kappa shape index (κ1) is 24.8. The van der Waals surface area contributed by atoms with Gasteiger partial charge >= 0.3 is 12.1 Å². The maximum Gasteiger partial charge on any atom is 0.419 e. The number of thioether (sulfide) groups is 1. The summed E-state index contributed by atoms with van der Waals surface area (Å²) < 4.78 is 50.7. The van der Waals surface area contributed by atoms with E-state index in [1.807, 2.05) is 0 Å². The fraction of sp³-hybridized carbons (Fsp3) is 0.318. The van der Waals surface area contributed by atoms with E-state index in [1.54, 1.807) is 6.07 Å². The van der Waals surface area contributed by atoms with Gasteiger partial charge in [-0.1, -0.05) is 30.4 Å². The lowest BCUT2D eigenvalue weighted by Crippen LogP contribution is -2.29. The standard InChI is InChI=1S/C22H20F3NO5S2/c1-30-17-8-6-13(11-15(17)22(23,24)25)16-9-7-14(31-16)12-18-20(29)26(21(32)33-18)10-4-2-3-5-19(27)28/h6-9,11-12H,2-5,10H2,1H3,(H,27,28)/b18-12-. The Morgan fingerprint density at radius 2 is 2.00 bits per heavy atom. The van der Waals surface area contributed by atoms with Gasteiger partial charge in [0, 0.05) is 24.6 Å². The minimum Gasteiger partial charge on any atom is -0.496 e. The topological polar surface area (TPSA) is 80.0 Å². The van der Waals surface area contributed by atoms with Gasteiger partial charge < -0.3 is 14.3 Å². The van der Waals surface area contributed by atoms with Crippen LogP contribution in [0.15, 0.2) is 39.7 Å². The minimum absolute atomic E-state index is 0.0811. The molecular formula is C22H20F3NO5S2. The van der Waals surface area contributed by atoms with Crippen LogP contribution >= 0.6 is 24.0 Å². The number of rotatable bonds is 9. The van der Waals surface area contributed by atoms with Crippen LogP contribution < -0.4 is 4.74 Å². The molecule has 2 heterocycles. The number of aliphatic carboxylic acids is 1. The van der Waals surface area contributed by atoms with Gasteiger partial charge in [-0.05, 0) is 43.2 Å². The number of amides is 1. The molecule has 1 aliphatic rings. The zero-order valence-electron chi connectivity index (χ0n) is 17.5. The summed E-state index contributed by atoms with van der Waals surface area (Å²) in [6.07, 6.45) is -1.20. The van der Waals surface area contributed by atoms with Crippen molar-refractivity contribution in [2.75, 3.05) is 13.7 Å². The lowest BCUT2D eigenvalue weighted by molar-refractivity contribution is -0.139. The van der Waals surface area contributed by atoms with E-state index >= 15 is 0 Å². The molecule has 2 aromatic rings. The summed E-state index contributed by atoms with van der Waals surface area (Å²) >= 11 is 6.38. The Morgan fingerprint density at radius 1 is 1.24 bits per heavy atom. The summed E-state index contributed by atoms with van der Waals surface area (Å²) in [6, 6.07) is 6.72. The number of furan rings is 1. The predicted molar refractivity (Wildman–Crippen MR) is 122 cm³/mol. The van der Waals surface area contributed by atoms with Crippen LogP contribution in [-0.4, -0.2) is 39.9 Å². The monoisotopic (exact) mass is 499 g/mol. The number of hydrogen-bond acceptors (Lipinski definition) is 6. The van der Waals surface area contributed by atoms with Gasteiger partial charge in [-0.2, -0.15) is 13.2 Å². The lowest BCUT2D eigenvalue weighted by atomic mass is 10.1. The van der Waals surface area contributed by atoms with Crippen molar-refractivity contribution >= 4 is 46.3 Å². The summed E-state index contributed by atoms with van der Waals surface area (Å²) in [4.78, 5) is 25.0. The van der Waals surface area contributed by atoms with Crippen LogP contribution in [0.1, 0.15) is 37.0 Å². The van der Waals surface area contributed by atoms with Crippen molar-refractivity contribution in [1.29, 1.82) is 0 Å². The number of hydrogen-bond donors (Lipinski definition) is 1. The molecule has 1 fully saturated rings. The highest BCUT2D eigenvalue weighted by Gasteiger charge is 2.35. The molecule has 176 valence electrons. The molecule has 0 unspecified atom stereocenters. The van der Waals surface area contributed by atoms with Crippen LogP contribution in [0.3, 0.4) is 0 Å². The van der Waals surface area contributed by atoms with E-state index in [0.717, 1.165) is 17.8 Å². The zero-order valence-corrected chi connectivity index (χ0v) is 19.1. The third-order valence-corrected chi connectivity index (χ3v) is 6.21. The van der Waals surface area contributed by atoms with Gasteiger partial charge in [0.1, 0.15) is 21.6 Å². The summed E-state index contributed by atoms with van der Waals surface area (Å²) in [6.45, 7) is 0.386. The number of thiocarbonyl (C=S) groups is 1. The number of carboxylic acid groups (broad SMARTS) is 1. The van der Waals surface area contributed by atoms with Crippen molar-refractivity contribution in [3.05, 3.63) is 46.6 Å². The summed E-state index contributed by atoms with van der Waals surface area (Å²) in [7, 11) is 1.17. The highest BCUT2D eigenvalue weighted by molar-refractivity contribution is 8.26. The van der Waals surface area contributed by atoms with E-state index < -0.39 is 17.7 Å². The van der Waals surface area contributed by atoms with Gasteiger partial charge in [-0.3, -0.25) is 14.5 Å². The number of carboxylic acids is 1. The highest BCUT2D eigenvalue weighted by atomic mass is 32.2. The van der Waals surface area contributed by atoms with E-state index in [0.29, 0.717) is 40.8 Å². The molecule has 0 atom stereocenters. The number of carbonyl (C=O) groups excluding carboxylic acids is 1. The van der Waals surface area contributed by atoms with Crippen LogP contribution in [0.2, 0.25) is 0 Å². The summed E-state index contributed by atoms with van der Waals surface area (Å²) in [5.41, 5.74) is -0.693. The van der Waals surface area contributed by atoms with Gasteiger partial charge in [-0.15, -0.1) is 0 Å². The molecule has 1 N–H and O–H groups in total. The second-order valence-electron chi connectivity index (χ2n) is 7.15. The molecule has 33 heavy (non-hydrogen) atoms. The van der Waals surface area contributed by atoms with Crippen molar-refractivity contribution in [1.82, 2.24) is 4.90 Å². The Morgan fingerprint density at radius 3 is 2.67 bits per heavy atom. The average molecular weight is 500 g/mol.